The molecule has 1 saturated heterocycles. The van der Waals surface area contributed by atoms with Gasteiger partial charge in [-0.3, -0.25) is 0 Å². The summed E-state index contributed by atoms with van der Waals surface area (Å²) in [7, 11) is 0. The molecule has 1 N–H and O–H groups in total. The summed E-state index contributed by atoms with van der Waals surface area (Å²) in [6.07, 6.45) is 6.75. The van der Waals surface area contributed by atoms with Crippen molar-refractivity contribution in [2.75, 3.05) is 23.3 Å². The van der Waals surface area contributed by atoms with E-state index in [0.717, 1.165) is 5.92 Å². The number of anilines is 2. The van der Waals surface area contributed by atoms with E-state index in [1.807, 2.05) is 0 Å². The van der Waals surface area contributed by atoms with Crippen LogP contribution in [0.4, 0.5) is 11.4 Å². The zero-order chi connectivity index (χ0) is 12.4. The number of rotatable bonds is 5. The van der Waals surface area contributed by atoms with Gasteiger partial charge in [-0.1, -0.05) is 19.1 Å². The van der Waals surface area contributed by atoms with Gasteiger partial charge in [-0.15, -0.1) is 0 Å². The first-order valence-corrected chi connectivity index (χ1v) is 7.49. The van der Waals surface area contributed by atoms with Crippen LogP contribution in [0.1, 0.15) is 39.0 Å². The molecular weight excluding hydrogens is 220 g/mol. The summed E-state index contributed by atoms with van der Waals surface area (Å²) < 4.78 is 0. The summed E-state index contributed by atoms with van der Waals surface area (Å²) in [6, 6.07) is 9.51. The molecule has 1 aliphatic heterocycles. The molecule has 1 atom stereocenters. The standard InChI is InChI=1S/C16H24N2/c1-2-14(13-9-10-13)17-15-7-3-4-8-16(15)18-11-5-6-12-18/h3-4,7-8,13-14,17H,2,5-6,9-12H2,1H3. The van der Waals surface area contributed by atoms with Gasteiger partial charge in [0.05, 0.1) is 11.4 Å². The van der Waals surface area contributed by atoms with Crippen LogP contribution < -0.4 is 10.2 Å². The van der Waals surface area contributed by atoms with E-state index < -0.39 is 0 Å². The fourth-order valence-electron chi connectivity index (χ4n) is 3.08. The normalized spacial score (nSPS) is 21.1. The minimum absolute atomic E-state index is 0.675. The van der Waals surface area contributed by atoms with E-state index in [2.05, 4.69) is 41.4 Å². The predicted molar refractivity (Wildman–Crippen MR) is 78.3 cm³/mol. The second-order valence-corrected chi connectivity index (χ2v) is 5.71. The van der Waals surface area contributed by atoms with Crippen molar-refractivity contribution in [1.82, 2.24) is 0 Å². The van der Waals surface area contributed by atoms with Gasteiger partial charge in [0.1, 0.15) is 0 Å². The van der Waals surface area contributed by atoms with Crippen LogP contribution in [0.3, 0.4) is 0 Å². The first-order valence-electron chi connectivity index (χ1n) is 7.49. The SMILES string of the molecule is CCC(Nc1ccccc1N1CCCC1)C1CC1. The molecule has 3 rings (SSSR count). The molecule has 1 heterocycles. The van der Waals surface area contributed by atoms with E-state index in [-0.39, 0.29) is 0 Å². The van der Waals surface area contributed by atoms with Crippen molar-refractivity contribution in [3.05, 3.63) is 24.3 Å². The Balaban J connectivity index is 1.77. The number of benzene rings is 1. The van der Waals surface area contributed by atoms with Gasteiger partial charge in [-0.05, 0) is 50.2 Å². The molecule has 1 saturated carbocycles. The van der Waals surface area contributed by atoms with Gasteiger partial charge < -0.3 is 10.2 Å². The molecule has 0 spiro atoms. The zero-order valence-corrected chi connectivity index (χ0v) is 11.4. The number of hydrogen-bond donors (Lipinski definition) is 1. The minimum atomic E-state index is 0.675. The van der Waals surface area contributed by atoms with Crippen LogP contribution in [-0.2, 0) is 0 Å². The summed E-state index contributed by atoms with van der Waals surface area (Å²) >= 11 is 0. The Morgan fingerprint density at radius 3 is 2.61 bits per heavy atom. The highest BCUT2D eigenvalue weighted by atomic mass is 15.2. The van der Waals surface area contributed by atoms with Crippen molar-refractivity contribution in [3.63, 3.8) is 0 Å². The lowest BCUT2D eigenvalue weighted by Gasteiger charge is -2.25. The average molecular weight is 244 g/mol. The highest BCUT2D eigenvalue weighted by molar-refractivity contribution is 5.70. The highest BCUT2D eigenvalue weighted by Crippen LogP contribution is 2.37. The Morgan fingerprint density at radius 1 is 1.22 bits per heavy atom. The Labute approximate surface area is 110 Å². The Hall–Kier alpha value is -1.18. The molecule has 2 aliphatic rings. The van der Waals surface area contributed by atoms with E-state index >= 15 is 0 Å². The summed E-state index contributed by atoms with van der Waals surface area (Å²) in [6.45, 7) is 4.74. The number of para-hydroxylation sites is 2. The van der Waals surface area contributed by atoms with Crippen molar-refractivity contribution in [1.29, 1.82) is 0 Å². The lowest BCUT2D eigenvalue weighted by molar-refractivity contribution is 0.616. The maximum absolute atomic E-state index is 3.79. The first kappa shape index (κ1) is 11.9. The van der Waals surface area contributed by atoms with Crippen molar-refractivity contribution in [2.45, 2.75) is 45.1 Å². The number of hydrogen-bond acceptors (Lipinski definition) is 2. The lowest BCUT2D eigenvalue weighted by atomic mass is 10.1. The Morgan fingerprint density at radius 2 is 1.94 bits per heavy atom. The fraction of sp³-hybridized carbons (Fsp3) is 0.625. The molecular formula is C16H24N2. The van der Waals surface area contributed by atoms with Gasteiger partial charge in [0.25, 0.3) is 0 Å². The molecule has 0 aromatic heterocycles. The van der Waals surface area contributed by atoms with Crippen molar-refractivity contribution >= 4 is 11.4 Å². The largest absolute Gasteiger partial charge is 0.380 e. The van der Waals surface area contributed by atoms with Crippen LogP contribution in [0.15, 0.2) is 24.3 Å². The van der Waals surface area contributed by atoms with Gasteiger partial charge in [-0.25, -0.2) is 0 Å². The quantitative estimate of drug-likeness (QED) is 0.845. The van der Waals surface area contributed by atoms with Gasteiger partial charge in [0.2, 0.25) is 0 Å². The van der Waals surface area contributed by atoms with Gasteiger partial charge in [0.15, 0.2) is 0 Å². The molecule has 98 valence electrons. The van der Waals surface area contributed by atoms with E-state index in [0.29, 0.717) is 6.04 Å². The first-order chi connectivity index (χ1) is 8.88. The topological polar surface area (TPSA) is 15.3 Å². The molecule has 2 nitrogen and oxygen atoms in total. The van der Waals surface area contributed by atoms with Crippen LogP contribution in [0, 0.1) is 5.92 Å². The molecule has 18 heavy (non-hydrogen) atoms. The average Bonchev–Trinajstić information content (AvgIpc) is 3.11. The van der Waals surface area contributed by atoms with Crippen LogP contribution in [0.5, 0.6) is 0 Å². The van der Waals surface area contributed by atoms with Crippen LogP contribution in [-0.4, -0.2) is 19.1 Å². The molecule has 2 heteroatoms. The number of nitrogens with zero attached hydrogens (tertiary/aromatic N) is 1. The van der Waals surface area contributed by atoms with E-state index in [1.54, 1.807) is 0 Å². The van der Waals surface area contributed by atoms with E-state index in [1.165, 1.54) is 56.6 Å². The smallest absolute Gasteiger partial charge is 0.0602 e. The third kappa shape index (κ3) is 2.47. The fourth-order valence-corrected chi connectivity index (χ4v) is 3.08. The molecule has 0 radical (unpaired) electrons. The molecule has 1 unspecified atom stereocenters. The third-order valence-electron chi connectivity index (χ3n) is 4.32. The molecule has 2 fully saturated rings. The van der Waals surface area contributed by atoms with Crippen molar-refractivity contribution in [3.8, 4) is 0 Å². The van der Waals surface area contributed by atoms with Gasteiger partial charge in [0, 0.05) is 19.1 Å². The maximum Gasteiger partial charge on any atom is 0.0602 e. The highest BCUT2D eigenvalue weighted by Gasteiger charge is 2.30. The lowest BCUT2D eigenvalue weighted by Crippen LogP contribution is -2.24. The minimum Gasteiger partial charge on any atom is -0.380 e. The molecule has 1 aromatic rings. The second-order valence-electron chi connectivity index (χ2n) is 5.71. The molecule has 0 amide bonds. The van der Waals surface area contributed by atoms with Crippen molar-refractivity contribution in [2.24, 2.45) is 5.92 Å². The zero-order valence-electron chi connectivity index (χ0n) is 11.4. The molecule has 0 bridgehead atoms. The van der Waals surface area contributed by atoms with E-state index in [4.69, 9.17) is 0 Å². The summed E-state index contributed by atoms with van der Waals surface area (Å²) in [5.41, 5.74) is 2.76. The van der Waals surface area contributed by atoms with Crippen LogP contribution >= 0.6 is 0 Å². The predicted octanol–water partition coefficient (Wildman–Crippen LogP) is 3.89. The van der Waals surface area contributed by atoms with Gasteiger partial charge in [-0.2, -0.15) is 0 Å². The van der Waals surface area contributed by atoms with Crippen LogP contribution in [0.2, 0.25) is 0 Å². The maximum atomic E-state index is 3.79. The van der Waals surface area contributed by atoms with Crippen molar-refractivity contribution < 1.29 is 0 Å². The molecule has 1 aliphatic carbocycles. The second kappa shape index (κ2) is 5.21. The van der Waals surface area contributed by atoms with E-state index in [9.17, 15) is 0 Å². The Kier molecular flexibility index (Phi) is 3.44. The number of nitrogens with one attached hydrogen (secondary N) is 1. The molecule has 1 aromatic carbocycles. The van der Waals surface area contributed by atoms with Gasteiger partial charge >= 0.3 is 0 Å². The third-order valence-corrected chi connectivity index (χ3v) is 4.32. The summed E-state index contributed by atoms with van der Waals surface area (Å²) in [4.78, 5) is 2.53. The Bertz CT molecular complexity index is 392. The summed E-state index contributed by atoms with van der Waals surface area (Å²) in [5, 5.41) is 3.79. The summed E-state index contributed by atoms with van der Waals surface area (Å²) in [5.74, 6) is 0.918. The monoisotopic (exact) mass is 244 g/mol. The van der Waals surface area contributed by atoms with Crippen LogP contribution in [0.25, 0.3) is 0 Å².